The van der Waals surface area contributed by atoms with E-state index in [0.29, 0.717) is 30.6 Å². The van der Waals surface area contributed by atoms with E-state index in [4.69, 9.17) is 18.9 Å². The molecule has 2 N–H and O–H groups in total. The highest BCUT2D eigenvalue weighted by Crippen LogP contribution is 2.68. The number of aliphatic hydroxyl groups is 1. The van der Waals surface area contributed by atoms with Crippen molar-refractivity contribution in [2.24, 2.45) is 5.41 Å². The molecule has 4 aliphatic heterocycles. The van der Waals surface area contributed by atoms with Gasteiger partial charge >= 0.3 is 0 Å². The number of aromatic hydroxyl groups is 1. The normalized spacial score (nSPS) is 45.0. The number of phenols is 1. The minimum Gasteiger partial charge on any atom is -0.504 e. The number of benzene rings is 1. The third kappa shape index (κ3) is 2.77. The van der Waals surface area contributed by atoms with E-state index < -0.39 is 22.5 Å². The van der Waals surface area contributed by atoms with Crippen LogP contribution in [0.2, 0.25) is 0 Å². The zero-order valence-corrected chi connectivity index (χ0v) is 25.9. The smallest absolute Gasteiger partial charge is 0.201 e. The summed E-state index contributed by atoms with van der Waals surface area (Å²) in [6, 6.07) is 3.12. The number of allylic oxidation sites excluding steroid dienone is 3. The topological polar surface area (TPSA) is 101 Å². The predicted molar refractivity (Wildman–Crippen MR) is 163 cm³/mol. The van der Waals surface area contributed by atoms with Gasteiger partial charge in [-0.1, -0.05) is 24.3 Å². The summed E-state index contributed by atoms with van der Waals surface area (Å²) in [6.45, 7) is 0.734. The summed E-state index contributed by atoms with van der Waals surface area (Å²) in [5.41, 5.74) is 3.53. The molecule has 3 fully saturated rings. The minimum absolute atomic E-state index is 0.0279. The molecule has 9 aliphatic rings. The van der Waals surface area contributed by atoms with E-state index in [-0.39, 0.29) is 48.0 Å². The molecule has 5 aliphatic carbocycles. The molecule has 3 saturated heterocycles. The molecule has 0 amide bonds. The molecular formula is C36H38N2O7. The molecule has 0 saturated carbocycles. The highest BCUT2D eigenvalue weighted by Gasteiger charge is 2.74. The van der Waals surface area contributed by atoms with Gasteiger partial charge in [0.2, 0.25) is 5.78 Å². The van der Waals surface area contributed by atoms with Crippen LogP contribution in [0.15, 0.2) is 70.6 Å². The summed E-state index contributed by atoms with van der Waals surface area (Å²) in [6.07, 6.45) is 11.4. The lowest BCUT2D eigenvalue weighted by molar-refractivity contribution is -0.154. The first-order valence-corrected chi connectivity index (χ1v) is 16.2. The van der Waals surface area contributed by atoms with Crippen molar-refractivity contribution in [1.82, 2.24) is 9.80 Å². The van der Waals surface area contributed by atoms with Gasteiger partial charge in [-0.15, -0.1) is 0 Å². The quantitative estimate of drug-likeness (QED) is 0.535. The molecule has 1 aromatic rings. The molecule has 2 unspecified atom stereocenters. The highest BCUT2D eigenvalue weighted by molar-refractivity contribution is 6.04. The van der Waals surface area contributed by atoms with E-state index in [0.717, 1.165) is 29.9 Å². The summed E-state index contributed by atoms with van der Waals surface area (Å²) >= 11 is 0. The summed E-state index contributed by atoms with van der Waals surface area (Å²) in [7, 11) is 7.59. The Morgan fingerprint density at radius 2 is 1.93 bits per heavy atom. The molecule has 0 aromatic heterocycles. The molecule has 1 aromatic carbocycles. The molecule has 9 nitrogen and oxygen atoms in total. The number of rotatable bonds is 3. The van der Waals surface area contributed by atoms with Crippen molar-refractivity contribution < 1.29 is 34.0 Å². The fourth-order valence-corrected chi connectivity index (χ4v) is 11.3. The maximum absolute atomic E-state index is 15.0. The number of carbonyl (C=O) groups excluding carboxylic acids is 1. The number of phenolic OH excluding ortho intramolecular Hbond substituents is 1. The van der Waals surface area contributed by atoms with Gasteiger partial charge in [-0.25, -0.2) is 0 Å². The fourth-order valence-electron chi connectivity index (χ4n) is 11.3. The molecule has 10 rings (SSSR count). The Kier molecular flexibility index (Phi) is 5.02. The molecule has 4 bridgehead atoms. The second-order valence-corrected chi connectivity index (χ2v) is 14.6. The number of hydrogen-bond acceptors (Lipinski definition) is 9. The zero-order valence-electron chi connectivity index (χ0n) is 25.9. The number of Topliss-reactive ketones (excluding diaryl/α,β-unsaturated/α-hetero) is 1. The van der Waals surface area contributed by atoms with Crippen LogP contribution in [0, 0.1) is 5.41 Å². The van der Waals surface area contributed by atoms with Gasteiger partial charge in [-0.3, -0.25) is 14.6 Å². The summed E-state index contributed by atoms with van der Waals surface area (Å²) in [4.78, 5) is 19.5. The van der Waals surface area contributed by atoms with E-state index >= 15 is 0 Å². The molecule has 10 atom stereocenters. The largest absolute Gasteiger partial charge is 0.504 e. The number of likely N-dealkylation sites (N-methyl/N-ethyl adjacent to an activating group) is 2. The van der Waals surface area contributed by atoms with Crippen LogP contribution in [0.5, 0.6) is 11.5 Å². The van der Waals surface area contributed by atoms with Crippen LogP contribution in [0.1, 0.15) is 30.4 Å². The highest BCUT2D eigenvalue weighted by atomic mass is 16.6. The molecule has 0 radical (unpaired) electrons. The van der Waals surface area contributed by atoms with Gasteiger partial charge in [0.25, 0.3) is 0 Å². The van der Waals surface area contributed by atoms with Crippen LogP contribution in [0.4, 0.5) is 0 Å². The first-order valence-electron chi connectivity index (χ1n) is 16.2. The minimum atomic E-state index is -1.34. The third-order valence-electron chi connectivity index (χ3n) is 13.2. The van der Waals surface area contributed by atoms with E-state index in [1.54, 1.807) is 20.3 Å². The standard InChI is InChI=1S/C36H38N2O7/c1-37-12-11-35-28-18-5-8-23(39)30(28)44-33(35)29(40)19(15-36(35,41)26(37)14-18)22-16-34-20-7-10-25(43-4)32(34)45-31-24(42-3)9-6-17(27(31)34)13-21(20)38(22)2/h5-10,15,21-22,24,26,31-33,39,41H,11-14,16H2,1-4H3/t21-,22+,24?,26-,31?,32+,33+,34+,35+,36-/m1/s1. The summed E-state index contributed by atoms with van der Waals surface area (Å²) in [5, 5.41) is 24.0. The third-order valence-corrected chi connectivity index (χ3v) is 13.2. The van der Waals surface area contributed by atoms with Gasteiger partial charge in [-0.05, 0) is 86.8 Å². The zero-order chi connectivity index (χ0) is 30.8. The number of carbonyl (C=O) groups is 1. The average molecular weight is 611 g/mol. The lowest BCUT2D eigenvalue weighted by atomic mass is 9.48. The lowest BCUT2D eigenvalue weighted by Gasteiger charge is -2.62. The van der Waals surface area contributed by atoms with Crippen molar-refractivity contribution in [1.29, 1.82) is 0 Å². The predicted octanol–water partition coefficient (Wildman–Crippen LogP) is 2.47. The molecule has 45 heavy (non-hydrogen) atoms. The maximum Gasteiger partial charge on any atom is 0.201 e. The number of nitrogens with zero attached hydrogens (tertiary/aromatic N) is 2. The van der Waals surface area contributed by atoms with Crippen molar-refractivity contribution in [3.63, 3.8) is 0 Å². The average Bonchev–Trinajstić information content (AvgIpc) is 3.57. The Labute approximate surface area is 262 Å². The first-order chi connectivity index (χ1) is 21.7. The van der Waals surface area contributed by atoms with Crippen LogP contribution in [0.25, 0.3) is 0 Å². The van der Waals surface area contributed by atoms with Crippen LogP contribution < -0.4 is 4.74 Å². The number of likely N-dealkylation sites (tertiary alicyclic amines) is 2. The van der Waals surface area contributed by atoms with E-state index in [2.05, 4.69) is 42.1 Å². The van der Waals surface area contributed by atoms with Gasteiger partial charge in [0.15, 0.2) is 17.6 Å². The fraction of sp³-hybridized carbons (Fsp3) is 0.528. The number of hydrogen-bond donors (Lipinski definition) is 2. The van der Waals surface area contributed by atoms with Crippen molar-refractivity contribution >= 4 is 5.78 Å². The van der Waals surface area contributed by atoms with Crippen molar-refractivity contribution in [2.75, 3.05) is 34.9 Å². The molecular weight excluding hydrogens is 572 g/mol. The first kappa shape index (κ1) is 27.0. The number of ether oxygens (including phenoxy) is 4. The lowest BCUT2D eigenvalue weighted by Crippen LogP contribution is -2.76. The summed E-state index contributed by atoms with van der Waals surface area (Å²) in [5.74, 6) is 1.08. The van der Waals surface area contributed by atoms with Gasteiger partial charge in [0, 0.05) is 36.4 Å². The molecule has 2 spiro atoms. The van der Waals surface area contributed by atoms with Crippen LogP contribution in [-0.2, 0) is 30.8 Å². The monoisotopic (exact) mass is 610 g/mol. The Morgan fingerprint density at radius 3 is 2.73 bits per heavy atom. The summed E-state index contributed by atoms with van der Waals surface area (Å²) < 4.78 is 25.3. The van der Waals surface area contributed by atoms with Crippen molar-refractivity contribution in [3.8, 4) is 11.5 Å². The molecule has 234 valence electrons. The number of methoxy groups -OCH3 is 2. The van der Waals surface area contributed by atoms with E-state index in [1.165, 1.54) is 16.7 Å². The van der Waals surface area contributed by atoms with Gasteiger partial charge in [0.05, 0.1) is 17.9 Å². The Hall–Kier alpha value is -3.21. The second kappa shape index (κ2) is 8.38. The van der Waals surface area contributed by atoms with Crippen LogP contribution in [0.3, 0.4) is 0 Å². The van der Waals surface area contributed by atoms with Gasteiger partial charge in [0.1, 0.15) is 29.7 Å². The van der Waals surface area contributed by atoms with Gasteiger partial charge < -0.3 is 29.2 Å². The number of piperidine rings is 2. The number of ketones is 1. The van der Waals surface area contributed by atoms with Crippen LogP contribution in [-0.4, -0.2) is 109 Å². The SMILES string of the molecule is COC1=CC=C2[C@H]3CC4=C5C(O[C@@H]1[C@@]25C[C@@H](C1=C[C@@]2(O)[C@H]5Cc6ccc(O)c7c6[C@@]2(CCN5C)[C@@H](O7)C1=O)N3C)C(OC)C=C4. The van der Waals surface area contributed by atoms with Gasteiger partial charge in [-0.2, -0.15) is 0 Å². The Morgan fingerprint density at radius 1 is 1.09 bits per heavy atom. The maximum atomic E-state index is 15.0. The van der Waals surface area contributed by atoms with Crippen molar-refractivity contribution in [3.05, 3.63) is 81.7 Å². The van der Waals surface area contributed by atoms with E-state index in [1.807, 2.05) is 18.2 Å². The molecule has 4 heterocycles. The second-order valence-electron chi connectivity index (χ2n) is 14.6. The Balaban J connectivity index is 1.16. The van der Waals surface area contributed by atoms with Crippen LogP contribution >= 0.6 is 0 Å². The van der Waals surface area contributed by atoms with E-state index in [9.17, 15) is 15.0 Å². The van der Waals surface area contributed by atoms with Crippen molar-refractivity contribution in [2.45, 2.75) is 79.2 Å². The molecule has 9 heteroatoms. The Bertz CT molecular complexity index is 1770.